The van der Waals surface area contributed by atoms with Crippen molar-refractivity contribution in [3.05, 3.63) is 53.1 Å². The minimum atomic E-state index is -3.88. The average Bonchev–Trinajstić information content (AvgIpc) is 3.81. The van der Waals surface area contributed by atoms with Gasteiger partial charge in [-0.1, -0.05) is 25.3 Å². The maximum absolute atomic E-state index is 15.1. The fourth-order valence-electron chi connectivity index (χ4n) is 9.81. The van der Waals surface area contributed by atoms with Crippen LogP contribution in [0, 0.1) is 0 Å². The Morgan fingerprint density at radius 1 is 0.904 bits per heavy atom. The van der Waals surface area contributed by atoms with Gasteiger partial charge in [-0.25, -0.2) is 21.6 Å². The number of piperidine rings is 1. The number of benzene rings is 2. The average molecular weight is 752 g/mol. The number of carbonyl (C=O) groups is 1. The van der Waals surface area contributed by atoms with Crippen LogP contribution in [-0.2, 0) is 26.6 Å². The molecule has 2 saturated heterocycles. The van der Waals surface area contributed by atoms with Gasteiger partial charge in [0.05, 0.1) is 18.1 Å². The third kappa shape index (κ3) is 5.80. The van der Waals surface area contributed by atoms with Gasteiger partial charge in [-0.05, 0) is 121 Å². The van der Waals surface area contributed by atoms with E-state index < -0.39 is 36.0 Å². The molecule has 3 aliphatic heterocycles. The molecule has 1 amide bonds. The van der Waals surface area contributed by atoms with Crippen molar-refractivity contribution in [2.75, 3.05) is 47.4 Å². The van der Waals surface area contributed by atoms with E-state index in [9.17, 15) is 13.2 Å². The first-order valence-electron chi connectivity index (χ1n) is 19.1. The fraction of sp³-hybridized carbons (Fsp3) is 0.615. The molecule has 13 heteroatoms. The summed E-state index contributed by atoms with van der Waals surface area (Å²) in [6, 6.07) is 11.8. The Hall–Kier alpha value is -2.97. The zero-order valence-corrected chi connectivity index (χ0v) is 32.7. The van der Waals surface area contributed by atoms with E-state index >= 15 is 8.42 Å². The highest BCUT2D eigenvalue weighted by Gasteiger charge is 2.68. The first-order valence-corrected chi connectivity index (χ1v) is 22.0. The number of hydrogen-bond donors (Lipinski definition) is 1. The molecule has 4 atom stereocenters. The van der Waals surface area contributed by atoms with Crippen molar-refractivity contribution in [2.45, 2.75) is 106 Å². The molecular weight excluding hydrogens is 699 g/mol. The maximum Gasteiger partial charge on any atom is 0.264 e. The highest BCUT2D eigenvalue weighted by atomic mass is 32.2. The van der Waals surface area contributed by atoms with Crippen LogP contribution in [0.15, 0.2) is 36.4 Å². The highest BCUT2D eigenvalue weighted by Crippen LogP contribution is 2.64. The van der Waals surface area contributed by atoms with E-state index in [2.05, 4.69) is 46.1 Å². The molecule has 0 radical (unpaired) electrons. The number of sulfonamides is 2. The predicted molar refractivity (Wildman–Crippen MR) is 204 cm³/mol. The minimum Gasteiger partial charge on any atom is -0.497 e. The summed E-state index contributed by atoms with van der Waals surface area (Å²) in [5, 5.41) is 0.385. The number of rotatable bonds is 7. The quantitative estimate of drug-likeness (QED) is 0.354. The first kappa shape index (κ1) is 36.0. The Morgan fingerprint density at radius 3 is 2.27 bits per heavy atom. The van der Waals surface area contributed by atoms with Crippen molar-refractivity contribution in [2.24, 2.45) is 0 Å². The standard InChI is InChI=1S/C39H53N5O6S2/c1-25-22-43(23-26(2)42(25)4)52(48,49)39-21-34(39)33-20-29(50-5)12-14-31(33)37-36(27-9-7-6-8-10-27)32-13-11-28(19-35(32)44(37)24-39)38(45)40-51(46,47)30-15-17-41(3)18-16-30/h11-14,19-20,25-27,30,34H,6-10,15-18,21-24H2,1-5H3,(H,40,45)/t25-,26+,34?,39?. The zero-order chi connectivity index (χ0) is 36.7. The van der Waals surface area contributed by atoms with Crippen LogP contribution in [-0.4, -0.2) is 111 Å². The molecule has 2 saturated carbocycles. The van der Waals surface area contributed by atoms with E-state index in [-0.39, 0.29) is 36.0 Å². The van der Waals surface area contributed by atoms with Crippen LogP contribution in [0.2, 0.25) is 0 Å². The summed E-state index contributed by atoms with van der Waals surface area (Å²) >= 11 is 0. The van der Waals surface area contributed by atoms with Gasteiger partial charge in [0, 0.05) is 59.7 Å². The topological polar surface area (TPSA) is 121 Å². The van der Waals surface area contributed by atoms with Gasteiger partial charge in [0.2, 0.25) is 20.0 Å². The van der Waals surface area contributed by atoms with Gasteiger partial charge in [-0.3, -0.25) is 9.69 Å². The number of ether oxygens (including phenoxy) is 1. The molecule has 52 heavy (non-hydrogen) atoms. The number of hydrogen-bond acceptors (Lipinski definition) is 8. The van der Waals surface area contributed by atoms with E-state index in [0.717, 1.165) is 53.4 Å². The second kappa shape index (κ2) is 13.1. The molecule has 2 unspecified atom stereocenters. The number of amides is 1. The summed E-state index contributed by atoms with van der Waals surface area (Å²) < 4.78 is 68.0. The van der Waals surface area contributed by atoms with E-state index in [1.807, 2.05) is 25.2 Å². The Bertz CT molecular complexity index is 2110. The molecule has 5 aliphatic rings. The largest absolute Gasteiger partial charge is 0.497 e. The smallest absolute Gasteiger partial charge is 0.264 e. The molecule has 4 fully saturated rings. The summed E-state index contributed by atoms with van der Waals surface area (Å²) in [7, 11) is -2.00. The number of carbonyl (C=O) groups excluding carboxylic acids is 1. The molecule has 3 aromatic rings. The Balaban J connectivity index is 1.28. The van der Waals surface area contributed by atoms with Crippen molar-refractivity contribution in [3.8, 4) is 17.0 Å². The third-order valence-corrected chi connectivity index (χ3v) is 17.6. The van der Waals surface area contributed by atoms with Crippen molar-refractivity contribution >= 4 is 36.9 Å². The Labute approximate surface area is 308 Å². The summed E-state index contributed by atoms with van der Waals surface area (Å²) in [4.78, 5) is 18.1. The van der Waals surface area contributed by atoms with Crippen LogP contribution in [0.25, 0.3) is 22.2 Å². The molecule has 11 nitrogen and oxygen atoms in total. The van der Waals surface area contributed by atoms with Crippen molar-refractivity contribution in [1.29, 1.82) is 0 Å². The lowest BCUT2D eigenvalue weighted by atomic mass is 9.81. The molecule has 2 aliphatic carbocycles. The van der Waals surface area contributed by atoms with Gasteiger partial charge in [0.25, 0.3) is 5.91 Å². The van der Waals surface area contributed by atoms with E-state index in [0.29, 0.717) is 51.2 Å². The van der Waals surface area contributed by atoms with E-state index in [1.165, 1.54) is 12.0 Å². The number of nitrogens with one attached hydrogen (secondary N) is 1. The number of likely N-dealkylation sites (N-methyl/N-ethyl adjacent to an activating group) is 1. The second-order valence-electron chi connectivity index (χ2n) is 16.4. The van der Waals surface area contributed by atoms with Crippen LogP contribution >= 0.6 is 0 Å². The number of methoxy groups -OCH3 is 1. The third-order valence-electron chi connectivity index (χ3n) is 13.2. The number of likely N-dealkylation sites (tertiary alicyclic amines) is 1. The SMILES string of the molecule is COc1ccc2c(c1)C1CC1(S(=O)(=O)N1C[C@@H](C)N(C)[C@@H](C)C1)Cn1c-2c(C2CCCCC2)c2ccc(C(=O)NS(=O)(=O)C3CCN(C)CC3)cc21. The molecule has 2 aromatic carbocycles. The van der Waals surface area contributed by atoms with Gasteiger partial charge < -0.3 is 14.2 Å². The van der Waals surface area contributed by atoms with E-state index in [4.69, 9.17) is 4.74 Å². The van der Waals surface area contributed by atoms with Crippen LogP contribution in [0.3, 0.4) is 0 Å². The summed E-state index contributed by atoms with van der Waals surface area (Å²) in [5.74, 6) is 0.121. The fourth-order valence-corrected chi connectivity index (χ4v) is 13.7. The van der Waals surface area contributed by atoms with Gasteiger partial charge in [-0.2, -0.15) is 4.31 Å². The highest BCUT2D eigenvalue weighted by molar-refractivity contribution is 7.91. The van der Waals surface area contributed by atoms with Crippen molar-refractivity contribution in [3.63, 3.8) is 0 Å². The molecule has 4 heterocycles. The summed E-state index contributed by atoms with van der Waals surface area (Å²) in [5.41, 5.74) is 5.29. The van der Waals surface area contributed by atoms with Crippen LogP contribution < -0.4 is 9.46 Å². The monoisotopic (exact) mass is 751 g/mol. The van der Waals surface area contributed by atoms with Gasteiger partial charge in [0.15, 0.2) is 0 Å². The second-order valence-corrected chi connectivity index (χ2v) is 20.6. The lowest BCUT2D eigenvalue weighted by Gasteiger charge is -2.43. The minimum absolute atomic E-state index is 0.0815. The number of piperazine rings is 1. The number of nitrogens with zero attached hydrogens (tertiary/aromatic N) is 4. The number of aromatic nitrogens is 1. The first-order chi connectivity index (χ1) is 24.8. The van der Waals surface area contributed by atoms with Crippen LogP contribution in [0.1, 0.15) is 98.5 Å². The lowest BCUT2D eigenvalue weighted by Crippen LogP contribution is -2.58. The van der Waals surface area contributed by atoms with Crippen LogP contribution in [0.4, 0.5) is 0 Å². The molecule has 1 aromatic heterocycles. The summed E-state index contributed by atoms with van der Waals surface area (Å²) in [6.07, 6.45) is 6.97. The Kier molecular flexibility index (Phi) is 9.08. The van der Waals surface area contributed by atoms with Crippen LogP contribution in [0.5, 0.6) is 5.75 Å². The normalized spacial score (nSPS) is 28.1. The Morgan fingerprint density at radius 2 is 1.60 bits per heavy atom. The molecule has 0 spiro atoms. The van der Waals surface area contributed by atoms with Gasteiger partial charge >= 0.3 is 0 Å². The van der Waals surface area contributed by atoms with Crippen molar-refractivity contribution in [1.82, 2.24) is 23.4 Å². The molecule has 0 bridgehead atoms. The van der Waals surface area contributed by atoms with Crippen molar-refractivity contribution < 1.29 is 26.4 Å². The molecule has 8 rings (SSSR count). The van der Waals surface area contributed by atoms with Gasteiger partial charge in [0.1, 0.15) is 10.5 Å². The number of fused-ring (bicyclic) bond motifs is 7. The lowest BCUT2D eigenvalue weighted by molar-refractivity contribution is 0.0980. The van der Waals surface area contributed by atoms with Gasteiger partial charge in [-0.15, -0.1) is 0 Å². The molecular formula is C39H53N5O6S2. The zero-order valence-electron chi connectivity index (χ0n) is 31.1. The molecule has 1 N–H and O–H groups in total. The summed E-state index contributed by atoms with van der Waals surface area (Å²) in [6.45, 7) is 6.62. The predicted octanol–water partition coefficient (Wildman–Crippen LogP) is 5.11. The maximum atomic E-state index is 15.1. The van der Waals surface area contributed by atoms with E-state index in [1.54, 1.807) is 23.5 Å². The molecule has 282 valence electrons.